The van der Waals surface area contributed by atoms with Crippen LogP contribution in [0.3, 0.4) is 0 Å². The average molecular weight is 412 g/mol. The zero-order valence-electron chi connectivity index (χ0n) is 15.8. The van der Waals surface area contributed by atoms with Crippen LogP contribution in [0.15, 0.2) is 24.3 Å². The monoisotopic (exact) mass is 411 g/mol. The molecule has 1 saturated heterocycles. The van der Waals surface area contributed by atoms with Crippen LogP contribution in [-0.2, 0) is 4.79 Å². The number of carbonyl (C=O) groups is 1. The van der Waals surface area contributed by atoms with Crippen molar-refractivity contribution in [1.29, 1.82) is 0 Å². The lowest BCUT2D eigenvalue weighted by atomic mass is 9.93. The van der Waals surface area contributed by atoms with Gasteiger partial charge in [-0.05, 0) is 76.4 Å². The maximum absolute atomic E-state index is 13.1. The van der Waals surface area contributed by atoms with Gasteiger partial charge in [-0.25, -0.2) is 9.37 Å². The van der Waals surface area contributed by atoms with Gasteiger partial charge in [0, 0.05) is 12.0 Å². The van der Waals surface area contributed by atoms with Crippen molar-refractivity contribution < 1.29 is 9.18 Å². The van der Waals surface area contributed by atoms with Crippen LogP contribution >= 0.6 is 23.7 Å². The smallest absolute Gasteiger partial charge is 0.220 e. The van der Waals surface area contributed by atoms with Crippen molar-refractivity contribution in [2.75, 3.05) is 13.1 Å². The van der Waals surface area contributed by atoms with E-state index in [1.807, 2.05) is 13.8 Å². The lowest BCUT2D eigenvalue weighted by Crippen LogP contribution is -2.30. The van der Waals surface area contributed by atoms with Crippen molar-refractivity contribution in [3.05, 3.63) is 40.7 Å². The summed E-state index contributed by atoms with van der Waals surface area (Å²) < 4.78 is 13.1. The fourth-order valence-electron chi connectivity index (χ4n) is 3.41. The summed E-state index contributed by atoms with van der Waals surface area (Å²) in [6, 6.07) is 6.29. The zero-order chi connectivity index (χ0) is 18.5. The Bertz CT molecular complexity index is 744. The number of aryl methyl sites for hydroxylation is 1. The molecule has 1 amide bonds. The van der Waals surface area contributed by atoms with Crippen LogP contribution in [0, 0.1) is 18.7 Å². The summed E-state index contributed by atoms with van der Waals surface area (Å²) in [5.74, 6) is 0.510. The quantitative estimate of drug-likeness (QED) is 0.728. The van der Waals surface area contributed by atoms with Gasteiger partial charge in [-0.15, -0.1) is 23.7 Å². The van der Waals surface area contributed by atoms with Crippen molar-refractivity contribution in [1.82, 2.24) is 15.6 Å². The molecule has 2 heterocycles. The van der Waals surface area contributed by atoms with Crippen LogP contribution in [0.2, 0.25) is 0 Å². The van der Waals surface area contributed by atoms with Crippen LogP contribution in [0.5, 0.6) is 0 Å². The Morgan fingerprint density at radius 3 is 2.67 bits per heavy atom. The van der Waals surface area contributed by atoms with Crippen LogP contribution in [-0.4, -0.2) is 24.0 Å². The van der Waals surface area contributed by atoms with E-state index in [0.717, 1.165) is 53.5 Å². The fourth-order valence-corrected chi connectivity index (χ4v) is 4.48. The molecule has 1 aromatic heterocycles. The Kier molecular flexibility index (Phi) is 8.20. The molecule has 0 saturated carbocycles. The highest BCUT2D eigenvalue weighted by Crippen LogP contribution is 2.32. The summed E-state index contributed by atoms with van der Waals surface area (Å²) in [5.41, 5.74) is 1.82. The Balaban J connectivity index is 0.00000261. The van der Waals surface area contributed by atoms with Crippen LogP contribution < -0.4 is 10.6 Å². The third kappa shape index (κ3) is 5.99. The molecule has 0 radical (unpaired) electrons. The van der Waals surface area contributed by atoms with E-state index in [-0.39, 0.29) is 30.2 Å². The van der Waals surface area contributed by atoms with Gasteiger partial charge >= 0.3 is 0 Å². The molecule has 7 heteroatoms. The third-order valence-corrected chi connectivity index (χ3v) is 6.32. The third-order valence-electron chi connectivity index (χ3n) is 4.93. The van der Waals surface area contributed by atoms with Crippen molar-refractivity contribution >= 4 is 29.7 Å². The van der Waals surface area contributed by atoms with E-state index < -0.39 is 0 Å². The molecule has 1 aliphatic rings. The van der Waals surface area contributed by atoms with Gasteiger partial charge in [0.25, 0.3) is 0 Å². The van der Waals surface area contributed by atoms with Crippen molar-refractivity contribution in [3.63, 3.8) is 0 Å². The summed E-state index contributed by atoms with van der Waals surface area (Å²) in [4.78, 5) is 18.0. The van der Waals surface area contributed by atoms with Gasteiger partial charge in [0.15, 0.2) is 0 Å². The molecule has 1 atom stereocenters. The van der Waals surface area contributed by atoms with Gasteiger partial charge < -0.3 is 10.6 Å². The number of rotatable bonds is 6. The molecular formula is C20H27ClFN3OS. The summed E-state index contributed by atoms with van der Waals surface area (Å²) in [6.07, 6.45) is 3.87. The number of aromatic nitrogens is 1. The van der Waals surface area contributed by atoms with Crippen LogP contribution in [0.4, 0.5) is 4.39 Å². The van der Waals surface area contributed by atoms with E-state index in [1.165, 1.54) is 12.1 Å². The SMILES string of the molecule is Cc1nc(-c2ccc(F)cc2)sc1C(C)NC(=O)CCC1CCNCC1.Cl. The molecule has 2 N–H and O–H groups in total. The van der Waals surface area contributed by atoms with Gasteiger partial charge in [0.05, 0.1) is 16.6 Å². The highest BCUT2D eigenvalue weighted by molar-refractivity contribution is 7.15. The van der Waals surface area contributed by atoms with E-state index in [0.29, 0.717) is 12.3 Å². The molecule has 1 aromatic carbocycles. The Labute approximate surface area is 170 Å². The molecule has 0 bridgehead atoms. The minimum absolute atomic E-state index is 0. The maximum atomic E-state index is 13.1. The van der Waals surface area contributed by atoms with Crippen LogP contribution in [0.25, 0.3) is 10.6 Å². The minimum Gasteiger partial charge on any atom is -0.349 e. The molecule has 1 aliphatic heterocycles. The number of nitrogens with zero attached hydrogens (tertiary/aromatic N) is 1. The predicted octanol–water partition coefficient (Wildman–Crippen LogP) is 4.64. The number of thiazole rings is 1. The summed E-state index contributed by atoms with van der Waals surface area (Å²) >= 11 is 1.56. The van der Waals surface area contributed by atoms with E-state index >= 15 is 0 Å². The molecule has 2 aromatic rings. The first kappa shape index (κ1) is 21.8. The highest BCUT2D eigenvalue weighted by atomic mass is 35.5. The summed E-state index contributed by atoms with van der Waals surface area (Å²) in [7, 11) is 0. The largest absolute Gasteiger partial charge is 0.349 e. The number of piperidine rings is 1. The van der Waals surface area contributed by atoms with Crippen molar-refractivity contribution in [3.8, 4) is 10.6 Å². The first-order valence-corrected chi connectivity index (χ1v) is 10.1. The van der Waals surface area contributed by atoms with E-state index in [2.05, 4.69) is 15.6 Å². The minimum atomic E-state index is -0.253. The predicted molar refractivity (Wildman–Crippen MR) is 111 cm³/mol. The van der Waals surface area contributed by atoms with Gasteiger partial charge in [0.1, 0.15) is 10.8 Å². The van der Waals surface area contributed by atoms with Crippen LogP contribution in [0.1, 0.15) is 49.2 Å². The van der Waals surface area contributed by atoms with Crippen molar-refractivity contribution in [2.45, 2.75) is 45.6 Å². The average Bonchev–Trinajstić information content (AvgIpc) is 3.03. The Morgan fingerprint density at radius 2 is 2.00 bits per heavy atom. The van der Waals surface area contributed by atoms with E-state index in [4.69, 9.17) is 0 Å². The maximum Gasteiger partial charge on any atom is 0.220 e. The second-order valence-electron chi connectivity index (χ2n) is 7.00. The summed E-state index contributed by atoms with van der Waals surface area (Å²) in [5, 5.41) is 7.32. The highest BCUT2D eigenvalue weighted by Gasteiger charge is 2.19. The van der Waals surface area contributed by atoms with Gasteiger partial charge in [-0.1, -0.05) is 0 Å². The molecule has 27 heavy (non-hydrogen) atoms. The number of hydrogen-bond donors (Lipinski definition) is 2. The Morgan fingerprint density at radius 1 is 1.33 bits per heavy atom. The molecule has 148 valence electrons. The first-order chi connectivity index (χ1) is 12.5. The molecule has 1 unspecified atom stereocenters. The molecule has 0 aliphatic carbocycles. The van der Waals surface area contributed by atoms with Gasteiger partial charge in [-0.2, -0.15) is 0 Å². The molecule has 4 nitrogen and oxygen atoms in total. The summed E-state index contributed by atoms with van der Waals surface area (Å²) in [6.45, 7) is 6.08. The van der Waals surface area contributed by atoms with E-state index in [9.17, 15) is 9.18 Å². The normalized spacial score (nSPS) is 15.8. The zero-order valence-corrected chi connectivity index (χ0v) is 17.4. The molecule has 1 fully saturated rings. The van der Waals surface area contributed by atoms with Gasteiger partial charge in [-0.3, -0.25) is 4.79 Å². The molecular weight excluding hydrogens is 385 g/mol. The molecule has 3 rings (SSSR count). The number of hydrogen-bond acceptors (Lipinski definition) is 4. The van der Waals surface area contributed by atoms with Crippen molar-refractivity contribution in [2.24, 2.45) is 5.92 Å². The second kappa shape index (κ2) is 10.2. The fraction of sp³-hybridized carbons (Fsp3) is 0.500. The number of carbonyl (C=O) groups excluding carboxylic acids is 1. The number of nitrogens with one attached hydrogen (secondary N) is 2. The molecule has 0 spiro atoms. The first-order valence-electron chi connectivity index (χ1n) is 9.26. The van der Waals surface area contributed by atoms with Gasteiger partial charge in [0.2, 0.25) is 5.91 Å². The standard InChI is InChI=1S/C20H26FN3OS.ClH/c1-13(23-18(25)8-3-15-9-11-22-12-10-15)19-14(2)24-20(26-19)16-4-6-17(21)7-5-16;/h4-7,13,15,22H,3,8-12H2,1-2H3,(H,23,25);1H. The lowest BCUT2D eigenvalue weighted by Gasteiger charge is -2.22. The Hall–Kier alpha value is -1.50. The topological polar surface area (TPSA) is 54.0 Å². The second-order valence-corrected chi connectivity index (χ2v) is 8.03. The lowest BCUT2D eigenvalue weighted by molar-refractivity contribution is -0.122. The number of halogens is 2. The van der Waals surface area contributed by atoms with E-state index in [1.54, 1.807) is 23.5 Å². The number of amides is 1. The number of benzene rings is 1.